The molecular formula is C15H25NO4. The molecule has 0 aromatic rings. The maximum Gasteiger partial charge on any atom is 0.415 e. The molecule has 0 aliphatic rings. The minimum absolute atomic E-state index is 0.0296. The third-order valence-electron chi connectivity index (χ3n) is 2.57. The molecule has 0 rings (SSSR count). The fourth-order valence-corrected chi connectivity index (χ4v) is 1.33. The number of rotatable bonds is 6. The van der Waals surface area contributed by atoms with Gasteiger partial charge in [-0.05, 0) is 33.1 Å². The molecule has 0 aliphatic heterocycles. The normalized spacial score (nSPS) is 12.2. The molecule has 0 heterocycles. The van der Waals surface area contributed by atoms with Gasteiger partial charge in [-0.25, -0.2) is 9.59 Å². The third kappa shape index (κ3) is 6.41. The summed E-state index contributed by atoms with van der Waals surface area (Å²) >= 11 is 0. The van der Waals surface area contributed by atoms with Crippen molar-refractivity contribution < 1.29 is 19.1 Å². The van der Waals surface area contributed by atoms with Crippen LogP contribution in [0.1, 0.15) is 34.1 Å². The quantitative estimate of drug-likeness (QED) is 0.427. The van der Waals surface area contributed by atoms with E-state index in [9.17, 15) is 9.59 Å². The summed E-state index contributed by atoms with van der Waals surface area (Å²) in [6, 6.07) is 0. The molecule has 5 heteroatoms. The third-order valence-corrected chi connectivity index (χ3v) is 2.57. The molecule has 20 heavy (non-hydrogen) atoms. The zero-order chi connectivity index (χ0) is 15.9. The highest BCUT2D eigenvalue weighted by Gasteiger charge is 2.27. The lowest BCUT2D eigenvalue weighted by Gasteiger charge is -2.28. The first-order chi connectivity index (χ1) is 9.12. The lowest BCUT2D eigenvalue weighted by atomic mass is 10.1. The molecule has 0 aromatic carbocycles. The van der Waals surface area contributed by atoms with Gasteiger partial charge in [0.25, 0.3) is 0 Å². The van der Waals surface area contributed by atoms with Crippen LogP contribution >= 0.6 is 0 Å². The van der Waals surface area contributed by atoms with Gasteiger partial charge in [0.1, 0.15) is 11.3 Å². The summed E-state index contributed by atoms with van der Waals surface area (Å²) in [5.74, 6) is -0.438. The van der Waals surface area contributed by atoms with Crippen LogP contribution in [0.25, 0.3) is 0 Å². The molecule has 0 unspecified atom stereocenters. The first kappa shape index (κ1) is 18.2. The Hall–Kier alpha value is -1.78. The van der Waals surface area contributed by atoms with Crippen molar-refractivity contribution in [3.63, 3.8) is 0 Å². The Morgan fingerprint density at radius 1 is 1.35 bits per heavy atom. The predicted molar refractivity (Wildman–Crippen MR) is 78.1 cm³/mol. The van der Waals surface area contributed by atoms with Crippen molar-refractivity contribution in [2.75, 3.05) is 13.7 Å². The molecule has 5 nitrogen and oxygen atoms in total. The fourth-order valence-electron chi connectivity index (χ4n) is 1.33. The van der Waals surface area contributed by atoms with E-state index in [2.05, 4.69) is 17.9 Å². The molecule has 0 saturated heterocycles. The fraction of sp³-hybridized carbons (Fsp3) is 0.600. The molecule has 0 radical (unpaired) electrons. The highest BCUT2D eigenvalue weighted by molar-refractivity contribution is 5.91. The maximum atomic E-state index is 12.1. The van der Waals surface area contributed by atoms with E-state index in [0.29, 0.717) is 13.0 Å². The molecule has 1 amide bonds. The van der Waals surface area contributed by atoms with Gasteiger partial charge in [0.05, 0.1) is 7.11 Å². The Bertz CT molecular complexity index is 382. The summed E-state index contributed by atoms with van der Waals surface area (Å²) in [6.07, 6.45) is 1.83. The molecule has 0 fully saturated rings. The molecule has 0 aliphatic carbocycles. The van der Waals surface area contributed by atoms with Gasteiger partial charge in [0.2, 0.25) is 0 Å². The summed E-state index contributed by atoms with van der Waals surface area (Å²) in [5.41, 5.74) is -0.673. The van der Waals surface area contributed by atoms with Gasteiger partial charge in [-0.1, -0.05) is 19.6 Å². The molecule has 0 saturated carbocycles. The molecule has 1 atom stereocenters. The van der Waals surface area contributed by atoms with Crippen molar-refractivity contribution in [3.8, 4) is 0 Å². The van der Waals surface area contributed by atoms with Crippen LogP contribution in [0, 0.1) is 5.92 Å². The first-order valence-corrected chi connectivity index (χ1v) is 6.52. The molecule has 0 spiro atoms. The summed E-state index contributed by atoms with van der Waals surface area (Å²) in [6.45, 7) is 14.9. The highest BCUT2D eigenvalue weighted by atomic mass is 16.6. The second-order valence-corrected chi connectivity index (χ2v) is 5.57. The maximum absolute atomic E-state index is 12.1. The van der Waals surface area contributed by atoms with Gasteiger partial charge in [-0.3, -0.25) is 4.90 Å². The zero-order valence-electron chi connectivity index (χ0n) is 13.1. The van der Waals surface area contributed by atoms with Crippen LogP contribution in [-0.2, 0) is 14.3 Å². The Morgan fingerprint density at radius 3 is 2.30 bits per heavy atom. The first-order valence-electron chi connectivity index (χ1n) is 6.52. The second kappa shape index (κ2) is 7.72. The van der Waals surface area contributed by atoms with Crippen LogP contribution in [0.3, 0.4) is 0 Å². The van der Waals surface area contributed by atoms with Crippen molar-refractivity contribution in [2.45, 2.75) is 39.7 Å². The van der Waals surface area contributed by atoms with E-state index in [1.165, 1.54) is 12.0 Å². The van der Waals surface area contributed by atoms with Crippen LogP contribution in [0.15, 0.2) is 24.9 Å². The van der Waals surface area contributed by atoms with Crippen molar-refractivity contribution in [1.82, 2.24) is 4.90 Å². The van der Waals surface area contributed by atoms with Crippen molar-refractivity contribution in [2.24, 2.45) is 5.92 Å². The molecule has 114 valence electrons. The topological polar surface area (TPSA) is 55.8 Å². The lowest BCUT2D eigenvalue weighted by molar-refractivity contribution is -0.137. The van der Waals surface area contributed by atoms with Gasteiger partial charge in [-0.15, -0.1) is 6.58 Å². The van der Waals surface area contributed by atoms with Gasteiger partial charge < -0.3 is 9.47 Å². The summed E-state index contributed by atoms with van der Waals surface area (Å²) in [5, 5.41) is 0. The van der Waals surface area contributed by atoms with E-state index in [1.807, 2.05) is 6.92 Å². The highest BCUT2D eigenvalue weighted by Crippen LogP contribution is 2.16. The Kier molecular flexibility index (Phi) is 7.04. The van der Waals surface area contributed by atoms with Gasteiger partial charge in [0, 0.05) is 6.54 Å². The van der Waals surface area contributed by atoms with E-state index in [1.54, 1.807) is 26.8 Å². The molecule has 0 bridgehead atoms. The van der Waals surface area contributed by atoms with Gasteiger partial charge in [0.15, 0.2) is 0 Å². The largest absolute Gasteiger partial charge is 0.464 e. The molecule has 0 aromatic heterocycles. The van der Waals surface area contributed by atoms with E-state index in [0.717, 1.165) is 0 Å². The summed E-state index contributed by atoms with van der Waals surface area (Å²) in [7, 11) is 1.24. The van der Waals surface area contributed by atoms with Gasteiger partial charge >= 0.3 is 12.1 Å². The predicted octanol–water partition coefficient (Wildman–Crippen LogP) is 3.12. The van der Waals surface area contributed by atoms with Crippen LogP contribution in [-0.4, -0.2) is 36.2 Å². The van der Waals surface area contributed by atoms with E-state index >= 15 is 0 Å². The minimum Gasteiger partial charge on any atom is -0.464 e. The standard InChI is InChI=1S/C15H25NO4/c1-8-11(2)9-10-16(12(3)13(17)19-7)14(18)20-15(4,5)6/h8,11H,1,3,9-10H2,2,4-7H3/t11-/m1/s1. The van der Waals surface area contributed by atoms with E-state index < -0.39 is 17.7 Å². The average molecular weight is 283 g/mol. The van der Waals surface area contributed by atoms with Crippen molar-refractivity contribution >= 4 is 12.1 Å². The number of hydrogen-bond donors (Lipinski definition) is 0. The summed E-state index contributed by atoms with van der Waals surface area (Å²) < 4.78 is 9.87. The molecule has 0 N–H and O–H groups in total. The SMILES string of the molecule is C=C[C@@H](C)CCN(C(=C)C(=O)OC)C(=O)OC(C)(C)C. The number of ether oxygens (including phenoxy) is 2. The van der Waals surface area contributed by atoms with Crippen molar-refractivity contribution in [3.05, 3.63) is 24.9 Å². The Balaban J connectivity index is 4.95. The average Bonchev–Trinajstić information content (AvgIpc) is 2.35. The lowest BCUT2D eigenvalue weighted by Crippen LogP contribution is -2.39. The monoisotopic (exact) mass is 283 g/mol. The summed E-state index contributed by atoms with van der Waals surface area (Å²) in [4.78, 5) is 24.9. The van der Waals surface area contributed by atoms with Crippen LogP contribution in [0.5, 0.6) is 0 Å². The second-order valence-electron chi connectivity index (χ2n) is 5.57. The number of allylic oxidation sites excluding steroid dienone is 1. The number of nitrogens with zero attached hydrogens (tertiary/aromatic N) is 1. The van der Waals surface area contributed by atoms with Crippen LogP contribution in [0.2, 0.25) is 0 Å². The van der Waals surface area contributed by atoms with Crippen LogP contribution in [0.4, 0.5) is 4.79 Å². The number of methoxy groups -OCH3 is 1. The minimum atomic E-state index is -0.651. The zero-order valence-corrected chi connectivity index (χ0v) is 13.1. The number of amides is 1. The number of esters is 1. The molecular weight excluding hydrogens is 258 g/mol. The number of carbonyl (C=O) groups excluding carboxylic acids is 2. The van der Waals surface area contributed by atoms with Crippen LogP contribution < -0.4 is 0 Å². The Morgan fingerprint density at radius 2 is 1.90 bits per heavy atom. The van der Waals surface area contributed by atoms with E-state index in [4.69, 9.17) is 4.74 Å². The van der Waals surface area contributed by atoms with Gasteiger partial charge in [-0.2, -0.15) is 0 Å². The smallest absolute Gasteiger partial charge is 0.415 e. The number of hydrogen-bond acceptors (Lipinski definition) is 4. The number of carbonyl (C=O) groups is 2. The van der Waals surface area contributed by atoms with Crippen molar-refractivity contribution in [1.29, 1.82) is 0 Å². The Labute approximate surface area is 121 Å². The van der Waals surface area contributed by atoms with E-state index in [-0.39, 0.29) is 11.6 Å².